The number of aromatic nitrogens is 3. The molecule has 0 amide bonds. The van der Waals surface area contributed by atoms with E-state index in [1.807, 2.05) is 22.9 Å². The fourth-order valence-corrected chi connectivity index (χ4v) is 2.86. The molecule has 0 radical (unpaired) electrons. The molecule has 3 rings (SSSR count). The Hall–Kier alpha value is -1.68. The highest BCUT2D eigenvalue weighted by Crippen LogP contribution is 2.34. The van der Waals surface area contributed by atoms with Gasteiger partial charge in [-0.15, -0.1) is 0 Å². The Balaban J connectivity index is 2.19. The molecule has 1 unspecified atom stereocenters. The Kier molecular flexibility index (Phi) is 3.11. The monoisotopic (exact) mass is 256 g/mol. The summed E-state index contributed by atoms with van der Waals surface area (Å²) in [6.45, 7) is 4.35. The van der Waals surface area contributed by atoms with E-state index >= 15 is 0 Å². The quantitative estimate of drug-likeness (QED) is 0.898. The third kappa shape index (κ3) is 2.06. The maximum absolute atomic E-state index is 6.30. The average Bonchev–Trinajstić information content (AvgIpc) is 2.81. The van der Waals surface area contributed by atoms with E-state index in [0.717, 1.165) is 30.8 Å². The summed E-state index contributed by atoms with van der Waals surface area (Å²) in [5.41, 5.74) is 9.94. The van der Waals surface area contributed by atoms with Crippen molar-refractivity contribution in [2.75, 3.05) is 0 Å². The molecule has 1 aliphatic rings. The zero-order chi connectivity index (χ0) is 13.4. The predicted octanol–water partition coefficient (Wildman–Crippen LogP) is 2.73. The number of fused-ring (bicyclic) bond motifs is 1. The standard InChI is InChI=1S/C15H20N4/c1-10(2)15-14-11(16)6-5-7-12(14)19(18-15)13-8-3-4-9-17-13/h3-4,8-11H,5-7,16H2,1-2H3. The lowest BCUT2D eigenvalue weighted by atomic mass is 9.89. The first-order chi connectivity index (χ1) is 9.18. The molecule has 100 valence electrons. The van der Waals surface area contributed by atoms with Crippen LogP contribution in [0.25, 0.3) is 5.82 Å². The van der Waals surface area contributed by atoms with E-state index < -0.39 is 0 Å². The van der Waals surface area contributed by atoms with Crippen molar-refractivity contribution in [3.8, 4) is 5.82 Å². The van der Waals surface area contributed by atoms with Gasteiger partial charge in [0.05, 0.1) is 11.4 Å². The van der Waals surface area contributed by atoms with Crippen LogP contribution in [-0.2, 0) is 6.42 Å². The highest BCUT2D eigenvalue weighted by molar-refractivity contribution is 5.38. The third-order valence-corrected chi connectivity index (χ3v) is 3.76. The van der Waals surface area contributed by atoms with Gasteiger partial charge in [-0.05, 0) is 37.3 Å². The minimum Gasteiger partial charge on any atom is -0.324 e. The minimum atomic E-state index is 0.124. The van der Waals surface area contributed by atoms with Gasteiger partial charge in [-0.3, -0.25) is 0 Å². The molecule has 1 atom stereocenters. The van der Waals surface area contributed by atoms with E-state index in [-0.39, 0.29) is 6.04 Å². The SMILES string of the molecule is CC(C)c1nn(-c2ccccn2)c2c1C(N)CCC2. The van der Waals surface area contributed by atoms with Gasteiger partial charge in [-0.2, -0.15) is 5.10 Å². The summed E-state index contributed by atoms with van der Waals surface area (Å²) in [6.07, 6.45) is 5.03. The molecule has 0 fully saturated rings. The van der Waals surface area contributed by atoms with Crippen LogP contribution in [0.15, 0.2) is 24.4 Å². The van der Waals surface area contributed by atoms with Crippen molar-refractivity contribution in [1.82, 2.24) is 14.8 Å². The number of pyridine rings is 1. The second kappa shape index (κ2) is 4.78. The maximum atomic E-state index is 6.30. The number of nitrogens with two attached hydrogens (primary N) is 1. The van der Waals surface area contributed by atoms with Gasteiger partial charge >= 0.3 is 0 Å². The van der Waals surface area contributed by atoms with Gasteiger partial charge in [0.15, 0.2) is 5.82 Å². The summed E-state index contributed by atoms with van der Waals surface area (Å²) in [5.74, 6) is 1.28. The molecular weight excluding hydrogens is 236 g/mol. The Morgan fingerprint density at radius 3 is 2.89 bits per heavy atom. The largest absolute Gasteiger partial charge is 0.324 e. The van der Waals surface area contributed by atoms with Gasteiger partial charge in [0.1, 0.15) is 0 Å². The van der Waals surface area contributed by atoms with Gasteiger partial charge in [0.25, 0.3) is 0 Å². The molecule has 2 aromatic heterocycles. The molecule has 1 aliphatic carbocycles. The van der Waals surface area contributed by atoms with Crippen LogP contribution in [0.4, 0.5) is 0 Å². The molecule has 4 heteroatoms. The van der Waals surface area contributed by atoms with E-state index in [0.29, 0.717) is 5.92 Å². The number of hydrogen-bond acceptors (Lipinski definition) is 3. The summed E-state index contributed by atoms with van der Waals surface area (Å²) in [4.78, 5) is 4.41. The van der Waals surface area contributed by atoms with Crippen molar-refractivity contribution in [2.45, 2.75) is 45.1 Å². The van der Waals surface area contributed by atoms with Crippen LogP contribution in [0.2, 0.25) is 0 Å². The van der Waals surface area contributed by atoms with Gasteiger partial charge < -0.3 is 5.73 Å². The minimum absolute atomic E-state index is 0.124. The Labute approximate surface area is 113 Å². The van der Waals surface area contributed by atoms with Crippen LogP contribution >= 0.6 is 0 Å². The zero-order valence-electron chi connectivity index (χ0n) is 11.5. The smallest absolute Gasteiger partial charge is 0.153 e. The Morgan fingerprint density at radius 2 is 2.21 bits per heavy atom. The van der Waals surface area contributed by atoms with Crippen molar-refractivity contribution in [2.24, 2.45) is 5.73 Å². The average molecular weight is 256 g/mol. The van der Waals surface area contributed by atoms with Gasteiger partial charge in [-0.25, -0.2) is 9.67 Å². The molecule has 4 nitrogen and oxygen atoms in total. The normalized spacial score (nSPS) is 18.6. The van der Waals surface area contributed by atoms with Crippen LogP contribution in [0, 0.1) is 0 Å². The lowest BCUT2D eigenvalue weighted by molar-refractivity contribution is 0.553. The highest BCUT2D eigenvalue weighted by atomic mass is 15.3. The van der Waals surface area contributed by atoms with Gasteiger partial charge in [-0.1, -0.05) is 19.9 Å². The molecule has 2 N–H and O–H groups in total. The van der Waals surface area contributed by atoms with Crippen molar-refractivity contribution < 1.29 is 0 Å². The second-order valence-electron chi connectivity index (χ2n) is 5.50. The first kappa shape index (κ1) is 12.4. The van der Waals surface area contributed by atoms with E-state index in [4.69, 9.17) is 10.8 Å². The van der Waals surface area contributed by atoms with Crippen molar-refractivity contribution in [3.05, 3.63) is 41.3 Å². The molecule has 19 heavy (non-hydrogen) atoms. The highest BCUT2D eigenvalue weighted by Gasteiger charge is 2.28. The van der Waals surface area contributed by atoms with Crippen molar-refractivity contribution in [1.29, 1.82) is 0 Å². The van der Waals surface area contributed by atoms with Crippen LogP contribution in [0.3, 0.4) is 0 Å². The van der Waals surface area contributed by atoms with Crippen LogP contribution in [0.1, 0.15) is 55.6 Å². The number of rotatable bonds is 2. The van der Waals surface area contributed by atoms with Gasteiger partial charge in [0, 0.05) is 17.8 Å². The first-order valence-electron chi connectivity index (χ1n) is 6.97. The first-order valence-corrected chi connectivity index (χ1v) is 6.97. The topological polar surface area (TPSA) is 56.7 Å². The van der Waals surface area contributed by atoms with Crippen molar-refractivity contribution >= 4 is 0 Å². The summed E-state index contributed by atoms with van der Waals surface area (Å²) in [7, 11) is 0. The fraction of sp³-hybridized carbons (Fsp3) is 0.467. The van der Waals surface area contributed by atoms with Crippen LogP contribution in [0.5, 0.6) is 0 Å². The predicted molar refractivity (Wildman–Crippen MR) is 75.3 cm³/mol. The number of nitrogens with zero attached hydrogens (tertiary/aromatic N) is 3. The molecule has 0 aliphatic heterocycles. The number of hydrogen-bond donors (Lipinski definition) is 1. The second-order valence-corrected chi connectivity index (χ2v) is 5.50. The van der Waals surface area contributed by atoms with Crippen molar-refractivity contribution in [3.63, 3.8) is 0 Å². The lowest BCUT2D eigenvalue weighted by Gasteiger charge is -2.21. The molecule has 0 spiro atoms. The summed E-state index contributed by atoms with van der Waals surface area (Å²) in [5, 5.41) is 4.79. The van der Waals surface area contributed by atoms with E-state index in [9.17, 15) is 0 Å². The van der Waals surface area contributed by atoms with E-state index in [1.165, 1.54) is 11.3 Å². The van der Waals surface area contributed by atoms with E-state index in [2.05, 4.69) is 18.8 Å². The van der Waals surface area contributed by atoms with E-state index in [1.54, 1.807) is 6.20 Å². The summed E-state index contributed by atoms with van der Waals surface area (Å²) >= 11 is 0. The molecule has 0 aromatic carbocycles. The molecule has 0 saturated carbocycles. The zero-order valence-corrected chi connectivity index (χ0v) is 11.5. The van der Waals surface area contributed by atoms with Crippen LogP contribution < -0.4 is 5.73 Å². The van der Waals surface area contributed by atoms with Gasteiger partial charge in [0.2, 0.25) is 0 Å². The Morgan fingerprint density at radius 1 is 1.37 bits per heavy atom. The molecule has 0 bridgehead atoms. The molecule has 2 heterocycles. The Bertz CT molecular complexity index is 571. The molecule has 2 aromatic rings. The van der Waals surface area contributed by atoms with Crippen LogP contribution in [-0.4, -0.2) is 14.8 Å². The summed E-state index contributed by atoms with van der Waals surface area (Å²) < 4.78 is 1.99. The molecule has 0 saturated heterocycles. The lowest BCUT2D eigenvalue weighted by Crippen LogP contribution is -2.19. The maximum Gasteiger partial charge on any atom is 0.153 e. The third-order valence-electron chi connectivity index (χ3n) is 3.76. The fourth-order valence-electron chi connectivity index (χ4n) is 2.86. The molecular formula is C15H20N4. The summed E-state index contributed by atoms with van der Waals surface area (Å²) in [6, 6.07) is 6.04.